The van der Waals surface area contributed by atoms with E-state index in [1.54, 1.807) is 0 Å². The van der Waals surface area contributed by atoms with Crippen LogP contribution in [0, 0.1) is 5.92 Å². The summed E-state index contributed by atoms with van der Waals surface area (Å²) >= 11 is 13.2. The molecule has 0 aliphatic carbocycles. The third kappa shape index (κ3) is 8.42. The molecule has 2 unspecified atom stereocenters. The van der Waals surface area contributed by atoms with Crippen molar-refractivity contribution in [2.75, 3.05) is 23.8 Å². The van der Waals surface area contributed by atoms with E-state index in [-0.39, 0.29) is 5.54 Å². The Morgan fingerprint density at radius 2 is 1.30 bits per heavy atom. The normalized spacial score (nSPS) is 15.3. The highest BCUT2D eigenvalue weighted by Crippen LogP contribution is 2.28. The van der Waals surface area contributed by atoms with Gasteiger partial charge in [-0.15, -0.1) is 0 Å². The summed E-state index contributed by atoms with van der Waals surface area (Å²) in [7, 11) is 0. The summed E-state index contributed by atoms with van der Waals surface area (Å²) in [5, 5.41) is 3.90. The number of hydrogen-bond acceptors (Lipinski definition) is 5. The summed E-state index contributed by atoms with van der Waals surface area (Å²) in [4.78, 5) is 0. The van der Waals surface area contributed by atoms with E-state index in [1.807, 2.05) is 0 Å². The van der Waals surface area contributed by atoms with E-state index in [1.165, 1.54) is 19.3 Å². The van der Waals surface area contributed by atoms with Crippen LogP contribution in [-0.4, -0.2) is 35.4 Å². The van der Waals surface area contributed by atoms with Gasteiger partial charge in [-0.1, -0.05) is 6.92 Å². The Balaban J connectivity index is 4.82. The molecule has 0 aromatic rings. The van der Waals surface area contributed by atoms with Crippen LogP contribution in [0.1, 0.15) is 52.4 Å². The fourth-order valence-corrected chi connectivity index (χ4v) is 3.15. The number of rotatable bonds is 13. The second-order valence-corrected chi connectivity index (χ2v) is 7.25. The minimum absolute atomic E-state index is 0.205. The molecular weight excluding hydrogens is 304 g/mol. The first-order chi connectivity index (χ1) is 9.55. The second-order valence-electron chi connectivity index (χ2n) is 5.91. The summed E-state index contributed by atoms with van der Waals surface area (Å²) in [5.41, 5.74) is 6.02. The average Bonchev–Trinajstić information content (AvgIpc) is 2.47. The largest absolute Gasteiger partial charge is 0.330 e. The maximum atomic E-state index is 5.82. The molecule has 0 rings (SSSR count). The number of hydrogen-bond donors (Lipinski definition) is 5. The van der Waals surface area contributed by atoms with E-state index in [2.05, 4.69) is 57.1 Å². The molecule has 0 fully saturated rings. The molecule has 20 heavy (non-hydrogen) atoms. The Morgan fingerprint density at radius 1 is 0.900 bits per heavy atom. The standard InChI is InChI=1S/C15H34N2S3/c1-13(12-16)14(2)17-15(6-3-9-18,7-4-10-19)8-5-11-20/h13-14,17-20H,3-12,16H2,1-2H3. The van der Waals surface area contributed by atoms with Crippen molar-refractivity contribution >= 4 is 37.9 Å². The molecule has 2 atom stereocenters. The zero-order valence-corrected chi connectivity index (χ0v) is 15.8. The Kier molecular flexibility index (Phi) is 13.1. The number of nitrogens with two attached hydrogens (primary N) is 1. The maximum absolute atomic E-state index is 5.82. The van der Waals surface area contributed by atoms with Gasteiger partial charge in [0.1, 0.15) is 0 Å². The molecule has 0 saturated carbocycles. The lowest BCUT2D eigenvalue weighted by Gasteiger charge is -2.40. The topological polar surface area (TPSA) is 38.0 Å². The van der Waals surface area contributed by atoms with Gasteiger partial charge >= 0.3 is 0 Å². The lowest BCUT2D eigenvalue weighted by molar-refractivity contribution is 0.208. The van der Waals surface area contributed by atoms with Crippen LogP contribution in [0.3, 0.4) is 0 Å². The minimum atomic E-state index is 0.205. The lowest BCUT2D eigenvalue weighted by Crippen LogP contribution is -2.52. The molecule has 0 bridgehead atoms. The average molecular weight is 339 g/mol. The Morgan fingerprint density at radius 3 is 1.60 bits per heavy atom. The molecule has 0 saturated heterocycles. The van der Waals surface area contributed by atoms with Crippen LogP contribution in [0.25, 0.3) is 0 Å². The predicted octanol–water partition coefficient (Wildman–Crippen LogP) is 3.43. The van der Waals surface area contributed by atoms with Gasteiger partial charge in [0, 0.05) is 11.6 Å². The summed E-state index contributed by atoms with van der Waals surface area (Å²) in [6.07, 6.45) is 7.00. The molecule has 0 amide bonds. The van der Waals surface area contributed by atoms with Gasteiger partial charge < -0.3 is 11.1 Å². The fourth-order valence-electron chi connectivity index (χ4n) is 2.67. The zero-order valence-electron chi connectivity index (χ0n) is 13.1. The van der Waals surface area contributed by atoms with E-state index in [0.29, 0.717) is 12.0 Å². The smallest absolute Gasteiger partial charge is 0.0185 e. The van der Waals surface area contributed by atoms with Crippen LogP contribution in [0.5, 0.6) is 0 Å². The van der Waals surface area contributed by atoms with Gasteiger partial charge in [0.25, 0.3) is 0 Å². The lowest BCUT2D eigenvalue weighted by atomic mass is 9.82. The Hall–Kier alpha value is 0.970. The van der Waals surface area contributed by atoms with Gasteiger partial charge in [-0.05, 0) is 75.2 Å². The molecule has 0 heterocycles. The third-order valence-corrected chi connectivity index (χ3v) is 5.15. The fraction of sp³-hybridized carbons (Fsp3) is 1.00. The third-order valence-electron chi connectivity index (χ3n) is 4.20. The Bertz CT molecular complexity index is 205. The van der Waals surface area contributed by atoms with Crippen molar-refractivity contribution in [2.24, 2.45) is 11.7 Å². The Labute approximate surface area is 142 Å². The van der Waals surface area contributed by atoms with E-state index < -0.39 is 0 Å². The van der Waals surface area contributed by atoms with Crippen LogP contribution in [0.15, 0.2) is 0 Å². The van der Waals surface area contributed by atoms with E-state index in [9.17, 15) is 0 Å². The molecule has 2 nitrogen and oxygen atoms in total. The molecule has 0 aliphatic heterocycles. The van der Waals surface area contributed by atoms with E-state index in [4.69, 9.17) is 5.73 Å². The van der Waals surface area contributed by atoms with Crippen molar-refractivity contribution < 1.29 is 0 Å². The predicted molar refractivity (Wildman–Crippen MR) is 103 cm³/mol. The molecule has 0 spiro atoms. The van der Waals surface area contributed by atoms with E-state index >= 15 is 0 Å². The summed E-state index contributed by atoms with van der Waals surface area (Å²) in [6, 6.07) is 0.444. The second kappa shape index (κ2) is 12.5. The highest BCUT2D eigenvalue weighted by molar-refractivity contribution is 7.80. The number of thiol groups is 3. The summed E-state index contributed by atoms with van der Waals surface area (Å²) in [5.74, 6) is 3.35. The van der Waals surface area contributed by atoms with Gasteiger partial charge in [-0.25, -0.2) is 0 Å². The quantitative estimate of drug-likeness (QED) is 0.334. The van der Waals surface area contributed by atoms with Gasteiger partial charge in [-0.3, -0.25) is 0 Å². The van der Waals surface area contributed by atoms with Gasteiger partial charge in [-0.2, -0.15) is 37.9 Å². The summed E-state index contributed by atoms with van der Waals surface area (Å²) in [6.45, 7) is 5.21. The van der Waals surface area contributed by atoms with Crippen molar-refractivity contribution in [3.05, 3.63) is 0 Å². The maximum Gasteiger partial charge on any atom is 0.0185 e. The van der Waals surface area contributed by atoms with Crippen LogP contribution >= 0.6 is 37.9 Å². The highest BCUT2D eigenvalue weighted by Gasteiger charge is 2.30. The van der Waals surface area contributed by atoms with Crippen molar-refractivity contribution in [1.29, 1.82) is 0 Å². The van der Waals surface area contributed by atoms with Crippen LogP contribution in [-0.2, 0) is 0 Å². The molecule has 3 N–H and O–H groups in total. The van der Waals surface area contributed by atoms with Crippen LogP contribution in [0.2, 0.25) is 0 Å². The molecule has 0 aromatic carbocycles. The first kappa shape index (κ1) is 21.0. The molecular formula is C15H34N2S3. The molecule has 0 radical (unpaired) electrons. The van der Waals surface area contributed by atoms with Crippen molar-refractivity contribution in [3.63, 3.8) is 0 Å². The molecule has 5 heteroatoms. The highest BCUT2D eigenvalue weighted by atomic mass is 32.1. The molecule has 122 valence electrons. The molecule has 0 aliphatic rings. The molecule has 0 aromatic heterocycles. The summed E-state index contributed by atoms with van der Waals surface area (Å²) < 4.78 is 0. The first-order valence-electron chi connectivity index (χ1n) is 7.85. The van der Waals surface area contributed by atoms with Crippen molar-refractivity contribution in [3.8, 4) is 0 Å². The van der Waals surface area contributed by atoms with Gasteiger partial charge in [0.2, 0.25) is 0 Å². The van der Waals surface area contributed by atoms with Crippen LogP contribution in [0.4, 0.5) is 0 Å². The van der Waals surface area contributed by atoms with Crippen LogP contribution < -0.4 is 11.1 Å². The van der Waals surface area contributed by atoms with Crippen molar-refractivity contribution in [2.45, 2.75) is 64.0 Å². The van der Waals surface area contributed by atoms with E-state index in [0.717, 1.165) is 43.1 Å². The minimum Gasteiger partial charge on any atom is -0.330 e. The SMILES string of the molecule is CC(CN)C(C)NC(CCCS)(CCCS)CCCS. The first-order valence-corrected chi connectivity index (χ1v) is 9.75. The van der Waals surface area contributed by atoms with Gasteiger partial charge in [0.05, 0.1) is 0 Å². The number of nitrogens with one attached hydrogen (secondary N) is 1. The van der Waals surface area contributed by atoms with Crippen molar-refractivity contribution in [1.82, 2.24) is 5.32 Å². The zero-order chi connectivity index (χ0) is 15.4. The van der Waals surface area contributed by atoms with Gasteiger partial charge in [0.15, 0.2) is 0 Å². The monoisotopic (exact) mass is 338 g/mol.